The van der Waals surface area contributed by atoms with E-state index in [2.05, 4.69) is 26.6 Å². The van der Waals surface area contributed by atoms with Gasteiger partial charge in [-0.25, -0.2) is 4.79 Å². The number of carbonyl (C=O) groups excluding carboxylic acids is 1. The van der Waals surface area contributed by atoms with Crippen molar-refractivity contribution in [2.24, 2.45) is 0 Å². The van der Waals surface area contributed by atoms with E-state index in [1.165, 1.54) is 12.1 Å². The molecule has 0 aliphatic rings. The molecule has 0 bridgehead atoms. The lowest BCUT2D eigenvalue weighted by Gasteiger charge is -2.09. The molecule has 0 fully saturated rings. The number of halogens is 1. The highest BCUT2D eigenvalue weighted by Crippen LogP contribution is 2.11. The molecule has 0 radical (unpaired) electrons. The number of amides is 1. The van der Waals surface area contributed by atoms with Gasteiger partial charge in [-0.15, -0.1) is 0 Å². The van der Waals surface area contributed by atoms with Crippen LogP contribution in [0.1, 0.15) is 20.7 Å². The Morgan fingerprint density at radius 2 is 1.50 bits per heavy atom. The number of hydrogen-bond acceptors (Lipinski definition) is 3. The van der Waals surface area contributed by atoms with Gasteiger partial charge in [-0.05, 0) is 60.7 Å². The zero-order valence-corrected chi connectivity index (χ0v) is 13.6. The third-order valence-corrected chi connectivity index (χ3v) is 3.46. The Morgan fingerprint density at radius 1 is 0.955 bits per heavy atom. The Bertz CT molecular complexity index is 715. The maximum absolute atomic E-state index is 12.0. The van der Waals surface area contributed by atoms with Crippen LogP contribution in [0, 0.1) is 0 Å². The molecule has 0 saturated carbocycles. The predicted octanol–water partition coefficient (Wildman–Crippen LogP) is 3.27. The largest absolute Gasteiger partial charge is 0.478 e. The molecule has 5 nitrogen and oxygen atoms in total. The summed E-state index contributed by atoms with van der Waals surface area (Å²) >= 11 is 8.35. The van der Waals surface area contributed by atoms with Crippen LogP contribution in [0.5, 0.6) is 0 Å². The Kier molecular flexibility index (Phi) is 5.24. The summed E-state index contributed by atoms with van der Waals surface area (Å²) in [7, 11) is 0. The minimum Gasteiger partial charge on any atom is -0.478 e. The number of hydrogen-bond donors (Lipinski definition) is 3. The number of nitrogens with one attached hydrogen (secondary N) is 2. The van der Waals surface area contributed by atoms with Gasteiger partial charge in [0.25, 0.3) is 5.91 Å². The Labute approximate surface area is 140 Å². The van der Waals surface area contributed by atoms with Gasteiger partial charge >= 0.3 is 5.97 Å². The maximum atomic E-state index is 12.0. The van der Waals surface area contributed by atoms with Gasteiger partial charge in [0.15, 0.2) is 5.11 Å². The van der Waals surface area contributed by atoms with E-state index in [9.17, 15) is 9.59 Å². The van der Waals surface area contributed by atoms with E-state index in [1.807, 2.05) is 0 Å². The van der Waals surface area contributed by atoms with Crippen LogP contribution in [0.3, 0.4) is 0 Å². The molecule has 0 saturated heterocycles. The second-order valence-corrected chi connectivity index (χ2v) is 5.62. The lowest BCUT2D eigenvalue weighted by atomic mass is 10.2. The third kappa shape index (κ3) is 4.37. The number of aromatic carboxylic acids is 1. The first-order chi connectivity index (χ1) is 10.5. The second kappa shape index (κ2) is 7.15. The molecule has 0 heterocycles. The van der Waals surface area contributed by atoms with Crippen LogP contribution in [0.4, 0.5) is 5.69 Å². The summed E-state index contributed by atoms with van der Waals surface area (Å²) in [6.07, 6.45) is 0. The second-order valence-electron chi connectivity index (χ2n) is 4.30. The zero-order chi connectivity index (χ0) is 16.1. The summed E-state index contributed by atoms with van der Waals surface area (Å²) in [6, 6.07) is 12.9. The van der Waals surface area contributed by atoms with E-state index < -0.39 is 5.97 Å². The number of rotatable bonds is 3. The van der Waals surface area contributed by atoms with E-state index in [1.54, 1.807) is 36.4 Å². The average molecular weight is 379 g/mol. The molecule has 3 N–H and O–H groups in total. The van der Waals surface area contributed by atoms with Crippen molar-refractivity contribution in [1.82, 2.24) is 5.32 Å². The number of carboxylic acids is 1. The van der Waals surface area contributed by atoms with Crippen molar-refractivity contribution in [3.63, 3.8) is 0 Å². The van der Waals surface area contributed by atoms with Crippen molar-refractivity contribution in [3.05, 3.63) is 64.1 Å². The lowest BCUT2D eigenvalue weighted by Crippen LogP contribution is -2.34. The van der Waals surface area contributed by atoms with E-state index in [0.717, 1.165) is 4.47 Å². The van der Waals surface area contributed by atoms with Crippen LogP contribution in [-0.4, -0.2) is 22.1 Å². The van der Waals surface area contributed by atoms with Gasteiger partial charge in [-0.3, -0.25) is 10.1 Å². The van der Waals surface area contributed by atoms with Crippen LogP contribution in [0.2, 0.25) is 0 Å². The topological polar surface area (TPSA) is 78.4 Å². The summed E-state index contributed by atoms with van der Waals surface area (Å²) in [5.74, 6) is -1.33. The summed E-state index contributed by atoms with van der Waals surface area (Å²) < 4.78 is 0.878. The van der Waals surface area contributed by atoms with Gasteiger partial charge in [0.05, 0.1) is 5.56 Å². The molecule has 112 valence electrons. The van der Waals surface area contributed by atoms with Gasteiger partial charge in [0.1, 0.15) is 0 Å². The monoisotopic (exact) mass is 378 g/mol. The summed E-state index contributed by atoms with van der Waals surface area (Å²) in [4.78, 5) is 22.7. The molecule has 22 heavy (non-hydrogen) atoms. The third-order valence-electron chi connectivity index (χ3n) is 2.72. The van der Waals surface area contributed by atoms with E-state index >= 15 is 0 Å². The zero-order valence-electron chi connectivity index (χ0n) is 11.2. The molecular formula is C15H11BrN2O3S. The van der Waals surface area contributed by atoms with Gasteiger partial charge in [-0.1, -0.05) is 15.9 Å². The molecule has 0 aromatic heterocycles. The molecule has 0 unspecified atom stereocenters. The van der Waals surface area contributed by atoms with Gasteiger partial charge < -0.3 is 10.4 Å². The average Bonchev–Trinajstić information content (AvgIpc) is 2.48. The normalized spacial score (nSPS) is 9.86. The number of carboxylic acid groups (broad SMARTS) is 1. The maximum Gasteiger partial charge on any atom is 0.335 e. The first kappa shape index (κ1) is 16.1. The summed E-state index contributed by atoms with van der Waals surface area (Å²) in [5, 5.41) is 14.3. The van der Waals surface area contributed by atoms with E-state index in [0.29, 0.717) is 11.3 Å². The van der Waals surface area contributed by atoms with Crippen LogP contribution in [0.25, 0.3) is 0 Å². The first-order valence-corrected chi connectivity index (χ1v) is 7.37. The van der Waals surface area contributed by atoms with Crippen LogP contribution in [0.15, 0.2) is 53.0 Å². The predicted molar refractivity (Wildman–Crippen MR) is 91.2 cm³/mol. The molecule has 0 aliphatic carbocycles. The van der Waals surface area contributed by atoms with Crippen LogP contribution in [-0.2, 0) is 0 Å². The SMILES string of the molecule is O=C(O)c1ccc(NC(=S)NC(=O)c2ccc(Br)cc2)cc1. The van der Waals surface area contributed by atoms with Crippen molar-refractivity contribution in [1.29, 1.82) is 0 Å². The van der Waals surface area contributed by atoms with Crippen LogP contribution < -0.4 is 10.6 Å². The fourth-order valence-electron chi connectivity index (χ4n) is 1.64. The van der Waals surface area contributed by atoms with Crippen molar-refractivity contribution < 1.29 is 14.7 Å². The quantitative estimate of drug-likeness (QED) is 0.714. The number of benzene rings is 2. The van der Waals surface area contributed by atoms with Gasteiger partial charge in [0, 0.05) is 15.7 Å². The number of carbonyl (C=O) groups is 2. The number of anilines is 1. The van der Waals surface area contributed by atoms with E-state index in [-0.39, 0.29) is 16.6 Å². The fourth-order valence-corrected chi connectivity index (χ4v) is 2.11. The highest BCUT2D eigenvalue weighted by molar-refractivity contribution is 9.10. The minimum atomic E-state index is -1.00. The molecule has 2 aromatic carbocycles. The standard InChI is InChI=1S/C15H11BrN2O3S/c16-11-5-1-9(2-6-11)13(19)18-15(22)17-12-7-3-10(4-8-12)14(20)21/h1-8H,(H,20,21)(H2,17,18,19,22). The smallest absolute Gasteiger partial charge is 0.335 e. The molecule has 7 heteroatoms. The highest BCUT2D eigenvalue weighted by Gasteiger charge is 2.08. The van der Waals surface area contributed by atoms with Crippen molar-refractivity contribution in [2.75, 3.05) is 5.32 Å². The molecule has 1 amide bonds. The lowest BCUT2D eigenvalue weighted by molar-refractivity contribution is 0.0696. The molecule has 2 rings (SSSR count). The van der Waals surface area contributed by atoms with Gasteiger partial charge in [0.2, 0.25) is 0 Å². The highest BCUT2D eigenvalue weighted by atomic mass is 79.9. The number of thiocarbonyl (C=S) groups is 1. The van der Waals surface area contributed by atoms with Crippen molar-refractivity contribution >= 4 is 50.8 Å². The summed E-state index contributed by atoms with van der Waals surface area (Å²) in [6.45, 7) is 0. The molecule has 0 atom stereocenters. The Morgan fingerprint density at radius 3 is 2.05 bits per heavy atom. The van der Waals surface area contributed by atoms with Gasteiger partial charge in [-0.2, -0.15) is 0 Å². The molecule has 2 aromatic rings. The Hall–Kier alpha value is -2.25. The summed E-state index contributed by atoms with van der Waals surface area (Å²) in [5.41, 5.74) is 1.25. The van der Waals surface area contributed by atoms with Crippen molar-refractivity contribution in [2.45, 2.75) is 0 Å². The molecule has 0 aliphatic heterocycles. The van der Waals surface area contributed by atoms with Crippen LogP contribution >= 0.6 is 28.1 Å². The Balaban J connectivity index is 1.96. The first-order valence-electron chi connectivity index (χ1n) is 6.17. The molecular weight excluding hydrogens is 368 g/mol. The minimum absolute atomic E-state index is 0.135. The van der Waals surface area contributed by atoms with Crippen molar-refractivity contribution in [3.8, 4) is 0 Å². The fraction of sp³-hybridized carbons (Fsp3) is 0. The van der Waals surface area contributed by atoms with E-state index in [4.69, 9.17) is 17.3 Å². The molecule has 0 spiro atoms.